The van der Waals surface area contributed by atoms with Gasteiger partial charge in [-0.1, -0.05) is 6.42 Å². The largest absolute Gasteiger partial charge is 0.290 e. The Labute approximate surface area is 80.6 Å². The lowest BCUT2D eigenvalue weighted by atomic mass is 9.85. The highest BCUT2D eigenvalue weighted by Crippen LogP contribution is 2.34. The number of aromatic nitrogens is 3. The van der Waals surface area contributed by atoms with Gasteiger partial charge in [0.2, 0.25) is 0 Å². The molecule has 0 aromatic carbocycles. The molecule has 2 heterocycles. The molecule has 0 amide bonds. The van der Waals surface area contributed by atoms with Gasteiger partial charge in [-0.3, -0.25) is 9.89 Å². The summed E-state index contributed by atoms with van der Waals surface area (Å²) in [7, 11) is 0. The molecule has 2 aromatic rings. The lowest BCUT2D eigenvalue weighted by Crippen LogP contribution is -2.10. The van der Waals surface area contributed by atoms with Gasteiger partial charge in [-0.05, 0) is 12.8 Å². The van der Waals surface area contributed by atoms with Crippen LogP contribution in [0.15, 0.2) is 23.1 Å². The van der Waals surface area contributed by atoms with Crippen molar-refractivity contribution in [1.82, 2.24) is 14.6 Å². The van der Waals surface area contributed by atoms with Gasteiger partial charge >= 0.3 is 0 Å². The average Bonchev–Trinajstić information content (AvgIpc) is 2.43. The minimum absolute atomic E-state index is 0.0108. The number of fused-ring (bicyclic) bond motifs is 1. The number of nitrogens with one attached hydrogen (secondary N) is 1. The zero-order valence-electron chi connectivity index (χ0n) is 7.73. The molecule has 0 atom stereocenters. The highest BCUT2D eigenvalue weighted by molar-refractivity contribution is 5.36. The molecule has 0 saturated heterocycles. The quantitative estimate of drug-likeness (QED) is 0.734. The van der Waals surface area contributed by atoms with Crippen molar-refractivity contribution >= 4 is 5.65 Å². The summed E-state index contributed by atoms with van der Waals surface area (Å²) in [5.41, 5.74) is 0.732. The maximum atomic E-state index is 11.1. The number of rotatable bonds is 1. The second-order valence-corrected chi connectivity index (χ2v) is 3.83. The smallest absolute Gasteiger partial charge is 0.183 e. The molecule has 1 aliphatic carbocycles. The number of aromatic amines is 1. The summed E-state index contributed by atoms with van der Waals surface area (Å²) in [5.74, 6) is 1.59. The lowest BCUT2D eigenvalue weighted by Gasteiger charge is -2.22. The average molecular weight is 189 g/mol. The predicted molar refractivity (Wildman–Crippen MR) is 52.4 cm³/mol. The molecule has 0 radical (unpaired) electrons. The fourth-order valence-electron chi connectivity index (χ4n) is 1.79. The first-order valence-corrected chi connectivity index (χ1v) is 4.91. The van der Waals surface area contributed by atoms with Crippen molar-refractivity contribution in [3.63, 3.8) is 0 Å². The second-order valence-electron chi connectivity index (χ2n) is 3.83. The van der Waals surface area contributed by atoms with Crippen molar-refractivity contribution in [2.24, 2.45) is 0 Å². The molecule has 1 aliphatic rings. The molecule has 0 aliphatic heterocycles. The third-order valence-electron chi connectivity index (χ3n) is 2.87. The molecular formula is C10H11N3O. The molecular weight excluding hydrogens is 178 g/mol. The van der Waals surface area contributed by atoms with Crippen LogP contribution in [0, 0.1) is 0 Å². The van der Waals surface area contributed by atoms with Crippen LogP contribution in [0.3, 0.4) is 0 Å². The molecule has 72 valence electrons. The third kappa shape index (κ3) is 1.07. The minimum atomic E-state index is 0.0108. The summed E-state index contributed by atoms with van der Waals surface area (Å²) in [4.78, 5) is 15.5. The predicted octanol–water partition coefficient (Wildman–Crippen LogP) is 1.29. The maximum Gasteiger partial charge on any atom is 0.183 e. The monoisotopic (exact) mass is 189 g/mol. The maximum absolute atomic E-state index is 11.1. The van der Waals surface area contributed by atoms with E-state index < -0.39 is 0 Å². The Morgan fingerprint density at radius 2 is 2.36 bits per heavy atom. The number of nitrogens with zero attached hydrogens (tertiary/aromatic N) is 2. The highest BCUT2D eigenvalue weighted by Gasteiger charge is 2.22. The summed E-state index contributed by atoms with van der Waals surface area (Å²) in [6, 6.07) is 3.09. The molecule has 1 N–H and O–H groups in total. The molecule has 0 spiro atoms. The van der Waals surface area contributed by atoms with E-state index in [1.807, 2.05) is 0 Å². The summed E-state index contributed by atoms with van der Waals surface area (Å²) in [5, 5.41) is 3.19. The summed E-state index contributed by atoms with van der Waals surface area (Å²) < 4.78 is 1.80. The summed E-state index contributed by atoms with van der Waals surface area (Å²) in [6.45, 7) is 0. The zero-order chi connectivity index (χ0) is 9.54. The van der Waals surface area contributed by atoms with E-state index in [0.717, 1.165) is 11.5 Å². The number of hydrogen-bond acceptors (Lipinski definition) is 2. The Morgan fingerprint density at radius 3 is 3.07 bits per heavy atom. The fraction of sp³-hybridized carbons (Fsp3) is 0.400. The Kier molecular flexibility index (Phi) is 1.50. The second kappa shape index (κ2) is 2.70. The van der Waals surface area contributed by atoms with Crippen molar-refractivity contribution in [3.05, 3.63) is 34.4 Å². The first kappa shape index (κ1) is 7.79. The van der Waals surface area contributed by atoms with Gasteiger partial charge in [-0.2, -0.15) is 0 Å². The number of pyridine rings is 1. The van der Waals surface area contributed by atoms with E-state index in [4.69, 9.17) is 0 Å². The minimum Gasteiger partial charge on any atom is -0.290 e. The SMILES string of the molecule is O=c1ccn2[nH]c(C3CCC3)nc2c1. The van der Waals surface area contributed by atoms with Crippen LogP contribution in [0.5, 0.6) is 0 Å². The van der Waals surface area contributed by atoms with Crippen LogP contribution in [-0.4, -0.2) is 14.6 Å². The van der Waals surface area contributed by atoms with Crippen LogP contribution in [0.2, 0.25) is 0 Å². The first-order chi connectivity index (χ1) is 6.83. The van der Waals surface area contributed by atoms with Crippen molar-refractivity contribution < 1.29 is 0 Å². The van der Waals surface area contributed by atoms with E-state index in [0.29, 0.717) is 5.92 Å². The molecule has 4 nitrogen and oxygen atoms in total. The molecule has 1 saturated carbocycles. The first-order valence-electron chi connectivity index (χ1n) is 4.91. The van der Waals surface area contributed by atoms with Crippen LogP contribution in [-0.2, 0) is 0 Å². The van der Waals surface area contributed by atoms with Crippen LogP contribution >= 0.6 is 0 Å². The van der Waals surface area contributed by atoms with Gasteiger partial charge in [0.05, 0.1) is 0 Å². The van der Waals surface area contributed by atoms with Gasteiger partial charge in [0.15, 0.2) is 11.1 Å². The van der Waals surface area contributed by atoms with Gasteiger partial charge in [-0.15, -0.1) is 0 Å². The molecule has 1 fully saturated rings. The van der Waals surface area contributed by atoms with E-state index in [-0.39, 0.29) is 5.43 Å². The van der Waals surface area contributed by atoms with Gasteiger partial charge in [0.25, 0.3) is 0 Å². The van der Waals surface area contributed by atoms with Crippen molar-refractivity contribution in [1.29, 1.82) is 0 Å². The van der Waals surface area contributed by atoms with Crippen LogP contribution in [0.25, 0.3) is 5.65 Å². The van der Waals surface area contributed by atoms with Crippen molar-refractivity contribution in [2.45, 2.75) is 25.2 Å². The fourth-order valence-corrected chi connectivity index (χ4v) is 1.79. The van der Waals surface area contributed by atoms with Gasteiger partial charge in [0.1, 0.15) is 5.82 Å². The van der Waals surface area contributed by atoms with E-state index >= 15 is 0 Å². The molecule has 0 unspecified atom stereocenters. The van der Waals surface area contributed by atoms with Crippen LogP contribution in [0.1, 0.15) is 31.0 Å². The Morgan fingerprint density at radius 1 is 1.50 bits per heavy atom. The van der Waals surface area contributed by atoms with Crippen LogP contribution < -0.4 is 5.43 Å². The van der Waals surface area contributed by atoms with Gasteiger partial charge < -0.3 is 0 Å². The summed E-state index contributed by atoms with van der Waals surface area (Å²) >= 11 is 0. The Bertz CT molecular complexity index is 521. The molecule has 14 heavy (non-hydrogen) atoms. The molecule has 4 heteroatoms. The molecule has 2 aromatic heterocycles. The Balaban J connectivity index is 2.14. The van der Waals surface area contributed by atoms with E-state index in [9.17, 15) is 4.79 Å². The number of H-pyrrole nitrogens is 1. The molecule has 0 bridgehead atoms. The zero-order valence-corrected chi connectivity index (χ0v) is 7.73. The number of hydrogen-bond donors (Lipinski definition) is 1. The van der Waals surface area contributed by atoms with Gasteiger partial charge in [0, 0.05) is 24.2 Å². The van der Waals surface area contributed by atoms with E-state index in [1.54, 1.807) is 16.8 Å². The highest BCUT2D eigenvalue weighted by atomic mass is 16.1. The molecule has 3 rings (SSSR count). The summed E-state index contributed by atoms with van der Waals surface area (Å²) in [6.07, 6.45) is 5.45. The standard InChI is InChI=1S/C10H11N3O/c14-8-4-5-13-9(6-8)11-10(12-13)7-2-1-3-7/h4-7H,1-3H2,(H,11,12). The van der Waals surface area contributed by atoms with Crippen molar-refractivity contribution in [3.8, 4) is 0 Å². The van der Waals surface area contributed by atoms with E-state index in [2.05, 4.69) is 10.1 Å². The topological polar surface area (TPSA) is 50.2 Å². The van der Waals surface area contributed by atoms with Crippen molar-refractivity contribution in [2.75, 3.05) is 0 Å². The van der Waals surface area contributed by atoms with E-state index in [1.165, 1.54) is 25.3 Å². The third-order valence-corrected chi connectivity index (χ3v) is 2.87. The normalized spacial score (nSPS) is 17.1. The lowest BCUT2D eigenvalue weighted by molar-refractivity contribution is 0.402. The Hall–Kier alpha value is -1.58. The van der Waals surface area contributed by atoms with Crippen LogP contribution in [0.4, 0.5) is 0 Å². The van der Waals surface area contributed by atoms with Gasteiger partial charge in [-0.25, -0.2) is 9.50 Å².